The first-order chi connectivity index (χ1) is 10.8. The second kappa shape index (κ2) is 8.63. The average molecular weight is 308 g/mol. The van der Waals surface area contributed by atoms with E-state index in [0.717, 1.165) is 38.8 Å². The summed E-state index contributed by atoms with van der Waals surface area (Å²) in [5.74, 6) is 0. The third kappa shape index (κ3) is 4.37. The minimum atomic E-state index is -0.0873. The van der Waals surface area contributed by atoms with Gasteiger partial charge in [-0.25, -0.2) is 9.13 Å². The van der Waals surface area contributed by atoms with Gasteiger partial charge in [0.1, 0.15) is 0 Å². The van der Waals surface area contributed by atoms with Crippen molar-refractivity contribution in [3.8, 4) is 0 Å². The number of aromatic nitrogens is 6. The molecule has 2 rings (SSSR count). The van der Waals surface area contributed by atoms with Crippen LogP contribution in [0.3, 0.4) is 0 Å². The van der Waals surface area contributed by atoms with Crippen LogP contribution in [0, 0.1) is 0 Å². The Kier molecular flexibility index (Phi) is 6.51. The Morgan fingerprint density at radius 2 is 1.45 bits per heavy atom. The van der Waals surface area contributed by atoms with E-state index in [1.54, 1.807) is 0 Å². The molecule has 1 N–H and O–H groups in total. The van der Waals surface area contributed by atoms with Crippen LogP contribution in [-0.2, 0) is 13.1 Å². The molecule has 0 aliphatic heterocycles. The van der Waals surface area contributed by atoms with E-state index in [1.807, 2.05) is 34.7 Å². The first-order valence-electron chi connectivity index (χ1n) is 8.25. The van der Waals surface area contributed by atoms with E-state index in [-0.39, 0.29) is 12.8 Å². The van der Waals surface area contributed by atoms with Gasteiger partial charge in [-0.1, -0.05) is 36.1 Å². The van der Waals surface area contributed by atoms with Crippen LogP contribution in [0.1, 0.15) is 52.1 Å². The zero-order chi connectivity index (χ0) is 15.8. The minimum Gasteiger partial charge on any atom is -0.396 e. The van der Waals surface area contributed by atoms with Crippen molar-refractivity contribution in [2.24, 2.45) is 0 Å². The fourth-order valence-corrected chi connectivity index (χ4v) is 2.40. The van der Waals surface area contributed by atoms with Crippen LogP contribution < -0.4 is 9.13 Å². The number of rotatable bonds is 10. The van der Waals surface area contributed by atoms with Gasteiger partial charge >= 0.3 is 0 Å². The van der Waals surface area contributed by atoms with Gasteiger partial charge in [0.15, 0.2) is 0 Å². The Hall–Kier alpha value is -1.76. The summed E-state index contributed by atoms with van der Waals surface area (Å²) < 4.78 is 7.93. The molecule has 2 aromatic heterocycles. The Bertz CT molecular complexity index is 503. The highest BCUT2D eigenvalue weighted by Gasteiger charge is 2.26. The van der Waals surface area contributed by atoms with Crippen molar-refractivity contribution < 1.29 is 14.2 Å². The van der Waals surface area contributed by atoms with E-state index in [1.165, 1.54) is 0 Å². The Morgan fingerprint density at radius 3 is 1.86 bits per heavy atom. The topological polar surface area (TPSA) is 63.6 Å². The van der Waals surface area contributed by atoms with Gasteiger partial charge in [0, 0.05) is 23.2 Å². The standard InChI is InChI=1S/C15H28N6O/c1-3-5-8-18-11-16-20(13-18)15(7-10-22)21-14-19(12-17-21)9-6-4-2/h11-15,22H,3-10H2,1-2H3/q+2. The number of aliphatic hydroxyl groups excluding tert-OH is 1. The summed E-state index contributed by atoms with van der Waals surface area (Å²) in [4.78, 5) is 0. The van der Waals surface area contributed by atoms with Gasteiger partial charge in [-0.15, -0.1) is 0 Å². The predicted molar refractivity (Wildman–Crippen MR) is 80.8 cm³/mol. The van der Waals surface area contributed by atoms with Crippen molar-refractivity contribution >= 4 is 0 Å². The normalized spacial score (nSPS) is 11.5. The van der Waals surface area contributed by atoms with Crippen LogP contribution in [0.4, 0.5) is 0 Å². The van der Waals surface area contributed by atoms with Gasteiger partial charge in [-0.3, -0.25) is 0 Å². The highest BCUT2D eigenvalue weighted by molar-refractivity contribution is 4.66. The summed E-state index contributed by atoms with van der Waals surface area (Å²) in [6.45, 7) is 6.40. The van der Waals surface area contributed by atoms with Crippen LogP contribution >= 0.6 is 0 Å². The number of aryl methyl sites for hydroxylation is 2. The van der Waals surface area contributed by atoms with Crippen LogP contribution in [-0.4, -0.2) is 31.3 Å². The molecule has 0 bridgehead atoms. The lowest BCUT2D eigenvalue weighted by molar-refractivity contribution is -0.698. The van der Waals surface area contributed by atoms with Gasteiger partial charge in [-0.2, -0.15) is 0 Å². The molecule has 22 heavy (non-hydrogen) atoms. The van der Waals surface area contributed by atoms with E-state index < -0.39 is 0 Å². The number of aliphatic hydroxyl groups is 1. The van der Waals surface area contributed by atoms with Gasteiger partial charge in [0.05, 0.1) is 13.1 Å². The predicted octanol–water partition coefficient (Wildman–Crippen LogP) is 0.684. The minimum absolute atomic E-state index is 0.0873. The van der Waals surface area contributed by atoms with Crippen molar-refractivity contribution in [1.29, 1.82) is 0 Å². The van der Waals surface area contributed by atoms with Gasteiger partial charge in [-0.05, 0) is 12.8 Å². The molecule has 7 nitrogen and oxygen atoms in total. The van der Waals surface area contributed by atoms with Crippen LogP contribution in [0.5, 0.6) is 0 Å². The zero-order valence-electron chi connectivity index (χ0n) is 13.7. The molecule has 0 aromatic carbocycles. The molecule has 122 valence electrons. The maximum absolute atomic E-state index is 9.36. The fourth-order valence-electron chi connectivity index (χ4n) is 2.40. The molecule has 0 radical (unpaired) electrons. The summed E-state index contributed by atoms with van der Waals surface area (Å²) in [6.07, 6.45) is 12.8. The van der Waals surface area contributed by atoms with Gasteiger partial charge < -0.3 is 5.11 Å². The van der Waals surface area contributed by atoms with Crippen LogP contribution in [0.15, 0.2) is 25.3 Å². The lowest BCUT2D eigenvalue weighted by Gasteiger charge is -2.04. The molecule has 7 heteroatoms. The molecular formula is C15H28N6O+2. The quantitative estimate of drug-likeness (QED) is 0.657. The average Bonchev–Trinajstić information content (AvgIpc) is 3.18. The van der Waals surface area contributed by atoms with Crippen molar-refractivity contribution in [3.05, 3.63) is 25.3 Å². The van der Waals surface area contributed by atoms with E-state index in [0.29, 0.717) is 6.42 Å². The third-order valence-corrected chi connectivity index (χ3v) is 3.74. The van der Waals surface area contributed by atoms with Gasteiger partial charge in [0.2, 0.25) is 12.7 Å². The second-order valence-electron chi connectivity index (χ2n) is 5.63. The second-order valence-corrected chi connectivity index (χ2v) is 5.63. The molecule has 2 aromatic rings. The monoisotopic (exact) mass is 308 g/mol. The highest BCUT2D eigenvalue weighted by atomic mass is 16.3. The summed E-state index contributed by atoms with van der Waals surface area (Å²) >= 11 is 0. The largest absolute Gasteiger partial charge is 0.396 e. The maximum atomic E-state index is 9.36. The Balaban J connectivity index is 2.11. The summed E-state index contributed by atoms with van der Waals surface area (Å²) in [7, 11) is 0. The molecule has 0 atom stereocenters. The van der Waals surface area contributed by atoms with Crippen LogP contribution in [0.2, 0.25) is 0 Å². The zero-order valence-corrected chi connectivity index (χ0v) is 13.7. The Morgan fingerprint density at radius 1 is 0.955 bits per heavy atom. The van der Waals surface area contributed by atoms with E-state index in [9.17, 15) is 5.11 Å². The molecule has 0 fully saturated rings. The first kappa shape index (κ1) is 16.6. The fraction of sp³-hybridized carbons (Fsp3) is 0.733. The van der Waals surface area contributed by atoms with Crippen molar-refractivity contribution in [1.82, 2.24) is 19.6 Å². The first-order valence-corrected chi connectivity index (χ1v) is 8.25. The maximum Gasteiger partial charge on any atom is 0.267 e. The van der Waals surface area contributed by atoms with Crippen LogP contribution in [0.25, 0.3) is 0 Å². The van der Waals surface area contributed by atoms with Gasteiger partial charge in [0.25, 0.3) is 18.8 Å². The molecular weight excluding hydrogens is 280 g/mol. The lowest BCUT2D eigenvalue weighted by atomic mass is 10.3. The van der Waals surface area contributed by atoms with E-state index >= 15 is 0 Å². The highest BCUT2D eigenvalue weighted by Crippen LogP contribution is 2.09. The molecule has 0 aliphatic rings. The molecule has 0 spiro atoms. The molecule has 0 aliphatic carbocycles. The lowest BCUT2D eigenvalue weighted by Crippen LogP contribution is -2.33. The SMILES string of the molecule is CCCC[n+]1cnn(C(CCO)n2c[n+](CCCC)cn2)c1. The number of hydrogen-bond donors (Lipinski definition) is 1. The molecule has 2 heterocycles. The third-order valence-electron chi connectivity index (χ3n) is 3.74. The van der Waals surface area contributed by atoms with E-state index in [2.05, 4.69) is 33.2 Å². The molecule has 0 unspecified atom stereocenters. The molecule has 0 saturated heterocycles. The van der Waals surface area contributed by atoms with Crippen molar-refractivity contribution in [3.63, 3.8) is 0 Å². The number of hydrogen-bond acceptors (Lipinski definition) is 3. The van der Waals surface area contributed by atoms with E-state index in [4.69, 9.17) is 0 Å². The molecule has 0 amide bonds. The smallest absolute Gasteiger partial charge is 0.267 e. The summed E-state index contributed by atoms with van der Waals surface area (Å²) in [5, 5.41) is 18.2. The van der Waals surface area contributed by atoms with Crippen molar-refractivity contribution in [2.45, 2.75) is 65.2 Å². The van der Waals surface area contributed by atoms with Crippen molar-refractivity contribution in [2.75, 3.05) is 6.61 Å². The molecule has 0 saturated carbocycles. The number of unbranched alkanes of at least 4 members (excludes halogenated alkanes) is 2. The number of nitrogens with zero attached hydrogens (tertiary/aromatic N) is 6. The summed E-state index contributed by atoms with van der Waals surface area (Å²) in [6, 6.07) is 0. The summed E-state index contributed by atoms with van der Waals surface area (Å²) in [5.41, 5.74) is 0. The Labute approximate surface area is 131 Å².